The van der Waals surface area contributed by atoms with Crippen LogP contribution in [0.25, 0.3) is 0 Å². The number of halogens is 1. The lowest BCUT2D eigenvalue weighted by Crippen LogP contribution is -2.11. The molecular weight excluding hydrogens is 218 g/mol. The van der Waals surface area contributed by atoms with E-state index in [1.807, 2.05) is 30.3 Å². The number of benzene rings is 1. The molecule has 1 heterocycles. The first-order chi connectivity index (χ1) is 6.83. The van der Waals surface area contributed by atoms with Crippen molar-refractivity contribution < 1.29 is 4.79 Å². The van der Waals surface area contributed by atoms with E-state index in [1.54, 1.807) is 5.41 Å². The van der Waals surface area contributed by atoms with E-state index in [0.717, 1.165) is 11.8 Å². The molecule has 0 N–H and O–H groups in total. The molecule has 2 rings (SSSR count). The number of nitrogens with zero attached hydrogens (tertiary/aromatic N) is 1. The van der Waals surface area contributed by atoms with Gasteiger partial charge >= 0.3 is 0 Å². The molecule has 1 atom stereocenters. The van der Waals surface area contributed by atoms with Crippen molar-refractivity contribution >= 4 is 29.8 Å². The molecule has 0 aliphatic carbocycles. The number of hydrogen-bond acceptors (Lipinski definition) is 3. The summed E-state index contributed by atoms with van der Waals surface area (Å²) in [5.74, 6) is 0. The van der Waals surface area contributed by atoms with Gasteiger partial charge < -0.3 is 0 Å². The highest BCUT2D eigenvalue weighted by Gasteiger charge is 2.26. The van der Waals surface area contributed by atoms with Crippen LogP contribution in [0.15, 0.2) is 41.4 Å². The maximum absolute atomic E-state index is 10.6. The predicted octanol–water partition coefficient (Wildman–Crippen LogP) is 2.93. The Morgan fingerprint density at radius 3 is 2.64 bits per heavy atom. The van der Waals surface area contributed by atoms with E-state index in [4.69, 9.17) is 11.8 Å². The molecule has 14 heavy (non-hydrogen) atoms. The number of hydrogen-bond donors (Lipinski definition) is 0. The summed E-state index contributed by atoms with van der Waals surface area (Å²) in [6.45, 7) is 0. The quantitative estimate of drug-likeness (QED) is 0.570. The number of rotatable bonds is 2. The van der Waals surface area contributed by atoms with Gasteiger partial charge in [0.25, 0.3) is 0 Å². The molecule has 1 aromatic carbocycles. The topological polar surface area (TPSA) is 20.3 Å². The van der Waals surface area contributed by atoms with Gasteiger partial charge in [-0.3, -0.25) is 9.21 Å². The molecule has 0 amide bonds. The summed E-state index contributed by atoms with van der Waals surface area (Å²) in [6, 6.07) is 9.86. The molecule has 1 unspecified atom stereocenters. The van der Waals surface area contributed by atoms with Crippen LogP contribution in [-0.2, 0) is 4.79 Å². The summed E-state index contributed by atoms with van der Waals surface area (Å²) < 4.78 is 1.47. The molecule has 72 valence electrons. The maximum Gasteiger partial charge on any atom is 0.167 e. The Hall–Kier alpha value is -0.930. The molecule has 0 aromatic heterocycles. The summed E-state index contributed by atoms with van der Waals surface area (Å²) >= 11 is 7.53. The summed E-state index contributed by atoms with van der Waals surface area (Å²) in [5.41, 5.74) is 1.62. The molecular formula is C10H8ClNOS. The van der Waals surface area contributed by atoms with Crippen LogP contribution >= 0.6 is 23.5 Å². The van der Waals surface area contributed by atoms with Gasteiger partial charge in [-0.15, -0.1) is 11.8 Å². The SMILES string of the molecule is O=CC1=CSC(c2ccccc2)N1Cl. The van der Waals surface area contributed by atoms with Crippen LogP contribution in [0.5, 0.6) is 0 Å². The zero-order valence-corrected chi connectivity index (χ0v) is 8.83. The maximum atomic E-state index is 10.6. The molecule has 0 saturated heterocycles. The molecule has 1 aliphatic heterocycles. The molecule has 1 aliphatic rings. The van der Waals surface area contributed by atoms with Crippen molar-refractivity contribution in [2.75, 3.05) is 0 Å². The molecule has 4 heteroatoms. The van der Waals surface area contributed by atoms with E-state index in [2.05, 4.69) is 0 Å². The van der Waals surface area contributed by atoms with Crippen molar-refractivity contribution in [3.8, 4) is 0 Å². The third-order valence-electron chi connectivity index (χ3n) is 1.98. The number of allylic oxidation sites excluding steroid dienone is 1. The molecule has 0 spiro atoms. The van der Waals surface area contributed by atoms with E-state index in [9.17, 15) is 4.79 Å². The summed E-state index contributed by atoms with van der Waals surface area (Å²) in [6.07, 6.45) is 0.767. The summed E-state index contributed by atoms with van der Waals surface area (Å²) in [4.78, 5) is 10.6. The van der Waals surface area contributed by atoms with Crippen LogP contribution in [0, 0.1) is 0 Å². The number of carbonyl (C=O) groups excluding carboxylic acids is 1. The van der Waals surface area contributed by atoms with Crippen molar-refractivity contribution in [3.63, 3.8) is 0 Å². The van der Waals surface area contributed by atoms with E-state index in [1.165, 1.54) is 16.2 Å². The number of carbonyl (C=O) groups is 1. The van der Waals surface area contributed by atoms with Crippen LogP contribution in [0.2, 0.25) is 0 Å². The monoisotopic (exact) mass is 225 g/mol. The predicted molar refractivity (Wildman–Crippen MR) is 58.6 cm³/mol. The fourth-order valence-corrected chi connectivity index (χ4v) is 2.66. The third-order valence-corrected chi connectivity index (χ3v) is 3.60. The lowest BCUT2D eigenvalue weighted by molar-refractivity contribution is -0.105. The van der Waals surface area contributed by atoms with Gasteiger partial charge in [-0.25, -0.2) is 0 Å². The number of thioether (sulfide) groups is 1. The second kappa shape index (κ2) is 4.07. The zero-order chi connectivity index (χ0) is 9.97. The first kappa shape index (κ1) is 9.62. The van der Waals surface area contributed by atoms with Crippen LogP contribution < -0.4 is 0 Å². The van der Waals surface area contributed by atoms with E-state index in [0.29, 0.717) is 5.70 Å². The Kier molecular flexibility index (Phi) is 2.79. The Balaban J connectivity index is 2.21. The van der Waals surface area contributed by atoms with Crippen molar-refractivity contribution in [1.29, 1.82) is 0 Å². The summed E-state index contributed by atoms with van der Waals surface area (Å²) in [7, 11) is 0. The van der Waals surface area contributed by atoms with Crippen molar-refractivity contribution in [1.82, 2.24) is 4.42 Å². The van der Waals surface area contributed by atoms with Crippen LogP contribution in [0.3, 0.4) is 0 Å². The average Bonchev–Trinajstić information content (AvgIpc) is 2.61. The van der Waals surface area contributed by atoms with Gasteiger partial charge in [0.2, 0.25) is 0 Å². The minimum atomic E-state index is 0.0121. The Morgan fingerprint density at radius 2 is 2.07 bits per heavy atom. The van der Waals surface area contributed by atoms with Gasteiger partial charge in [-0.1, -0.05) is 30.3 Å². The minimum absolute atomic E-state index is 0.0121. The standard InChI is InChI=1S/C10H8ClNOS/c11-12-9(6-13)7-14-10(12)8-4-2-1-3-5-8/h1-7,10H. The average molecular weight is 226 g/mol. The van der Waals surface area contributed by atoms with Gasteiger partial charge in [0, 0.05) is 17.2 Å². The highest BCUT2D eigenvalue weighted by atomic mass is 35.5. The Labute approximate surface area is 91.7 Å². The van der Waals surface area contributed by atoms with Gasteiger partial charge in [-0.05, 0) is 5.56 Å². The highest BCUT2D eigenvalue weighted by molar-refractivity contribution is 8.02. The molecule has 0 saturated carbocycles. The first-order valence-corrected chi connectivity index (χ1v) is 5.42. The zero-order valence-electron chi connectivity index (χ0n) is 7.26. The third kappa shape index (κ3) is 1.65. The van der Waals surface area contributed by atoms with Crippen LogP contribution in [-0.4, -0.2) is 10.7 Å². The fraction of sp³-hybridized carbons (Fsp3) is 0.100. The molecule has 0 radical (unpaired) electrons. The second-order valence-corrected chi connectivity index (χ2v) is 4.19. The van der Waals surface area contributed by atoms with Crippen molar-refractivity contribution in [3.05, 3.63) is 47.0 Å². The summed E-state index contributed by atoms with van der Waals surface area (Å²) in [5, 5.41) is 1.79. The van der Waals surface area contributed by atoms with Crippen molar-refractivity contribution in [2.45, 2.75) is 5.37 Å². The molecule has 2 nitrogen and oxygen atoms in total. The number of aldehydes is 1. The van der Waals surface area contributed by atoms with Gasteiger partial charge in [0.1, 0.15) is 11.1 Å². The van der Waals surface area contributed by atoms with E-state index in [-0.39, 0.29) is 5.37 Å². The Bertz CT molecular complexity index is 366. The highest BCUT2D eigenvalue weighted by Crippen LogP contribution is 2.42. The smallest absolute Gasteiger partial charge is 0.167 e. The molecule has 0 bridgehead atoms. The van der Waals surface area contributed by atoms with Gasteiger partial charge in [0.05, 0.1) is 0 Å². The minimum Gasteiger partial charge on any atom is -0.296 e. The molecule has 1 aromatic rings. The van der Waals surface area contributed by atoms with Crippen LogP contribution in [0.1, 0.15) is 10.9 Å². The normalized spacial score (nSPS) is 20.8. The van der Waals surface area contributed by atoms with Gasteiger partial charge in [0.15, 0.2) is 6.29 Å². The fourth-order valence-electron chi connectivity index (χ4n) is 1.28. The Morgan fingerprint density at radius 1 is 1.36 bits per heavy atom. The van der Waals surface area contributed by atoms with E-state index < -0.39 is 0 Å². The largest absolute Gasteiger partial charge is 0.296 e. The van der Waals surface area contributed by atoms with Crippen LogP contribution in [0.4, 0.5) is 0 Å². The lowest BCUT2D eigenvalue weighted by atomic mass is 10.2. The second-order valence-electron chi connectivity index (χ2n) is 2.87. The van der Waals surface area contributed by atoms with E-state index >= 15 is 0 Å². The first-order valence-electron chi connectivity index (χ1n) is 4.13. The molecule has 0 fully saturated rings. The van der Waals surface area contributed by atoms with Gasteiger partial charge in [-0.2, -0.15) is 0 Å². The lowest BCUT2D eigenvalue weighted by Gasteiger charge is -2.18. The van der Waals surface area contributed by atoms with Crippen molar-refractivity contribution in [2.24, 2.45) is 0 Å².